The monoisotopic (exact) mass is 510 g/mol. The molecule has 0 atom stereocenters. The third-order valence-corrected chi connectivity index (χ3v) is 10.3. The van der Waals surface area contributed by atoms with Gasteiger partial charge in [0, 0.05) is 0 Å². The third kappa shape index (κ3) is 2.79. The van der Waals surface area contributed by atoms with Crippen LogP contribution in [0.2, 0.25) is 0 Å². The van der Waals surface area contributed by atoms with Gasteiger partial charge in [-0.3, -0.25) is 0 Å². The summed E-state index contributed by atoms with van der Waals surface area (Å²) in [6.07, 6.45) is 1.63. The van der Waals surface area contributed by atoms with Gasteiger partial charge in [0.05, 0.1) is 0 Å². The standard InChI is InChI=1S/C21H20BF2INO3/c1-20(2)21(3,4)29-22(28-20)14-6-5-13-9-10-26(19(27)16(13)11-14)15-7-8-17-18(12-15)25(17,23)24/h5-12H,1-4H3/q-1. The Morgan fingerprint density at radius 2 is 1.62 bits per heavy atom. The van der Waals surface area contributed by atoms with E-state index in [0.717, 1.165) is 10.8 Å². The number of benzene rings is 2. The first-order chi connectivity index (χ1) is 13.5. The van der Waals surface area contributed by atoms with Crippen molar-refractivity contribution in [3.05, 3.63) is 66.2 Å². The van der Waals surface area contributed by atoms with Gasteiger partial charge < -0.3 is 0 Å². The van der Waals surface area contributed by atoms with Crippen LogP contribution in [0.25, 0.3) is 16.5 Å². The van der Waals surface area contributed by atoms with Gasteiger partial charge in [0.2, 0.25) is 0 Å². The van der Waals surface area contributed by atoms with Crippen LogP contribution < -0.4 is 30.6 Å². The summed E-state index contributed by atoms with van der Waals surface area (Å²) in [5.41, 5.74) is 0.0155. The van der Waals surface area contributed by atoms with Crippen molar-refractivity contribution >= 4 is 23.4 Å². The molecule has 1 aromatic heterocycles. The minimum atomic E-state index is -4.77. The summed E-state index contributed by atoms with van der Waals surface area (Å²) in [4.78, 5) is 13.1. The minimum absolute atomic E-state index is 0.160. The average Bonchev–Trinajstić information content (AvgIpc) is 3.12. The maximum atomic E-state index is 13.8. The molecule has 1 saturated heterocycles. The van der Waals surface area contributed by atoms with Crippen LogP contribution in [0.5, 0.6) is 0 Å². The first-order valence-corrected chi connectivity index (χ1v) is 13.1. The van der Waals surface area contributed by atoms with Crippen LogP contribution in [-0.2, 0) is 9.31 Å². The molecule has 152 valence electrons. The molecule has 0 amide bonds. The molecule has 4 nitrogen and oxygen atoms in total. The van der Waals surface area contributed by atoms with Gasteiger partial charge in [-0.1, -0.05) is 0 Å². The normalized spacial score (nSPS) is 21.8. The van der Waals surface area contributed by atoms with E-state index in [1.165, 1.54) is 16.7 Å². The Kier molecular flexibility index (Phi) is 3.90. The summed E-state index contributed by atoms with van der Waals surface area (Å²) in [6, 6.07) is 11.8. The molecule has 2 aliphatic rings. The first-order valence-electron chi connectivity index (χ1n) is 9.34. The molecule has 8 heteroatoms. The fourth-order valence-corrected chi connectivity index (χ4v) is 7.39. The van der Waals surface area contributed by atoms with Crippen LogP contribution >= 0.6 is 0 Å². The Morgan fingerprint density at radius 1 is 0.931 bits per heavy atom. The summed E-state index contributed by atoms with van der Waals surface area (Å²) in [6.45, 7) is 7.90. The summed E-state index contributed by atoms with van der Waals surface area (Å²) < 4.78 is 41.6. The molecule has 0 saturated carbocycles. The fourth-order valence-electron chi connectivity index (χ4n) is 3.56. The van der Waals surface area contributed by atoms with Gasteiger partial charge in [-0.25, -0.2) is 0 Å². The zero-order valence-electron chi connectivity index (χ0n) is 16.5. The Balaban J connectivity index is 1.58. The molecule has 2 aliphatic heterocycles. The van der Waals surface area contributed by atoms with E-state index >= 15 is 0 Å². The van der Waals surface area contributed by atoms with Crippen LogP contribution in [0.1, 0.15) is 27.7 Å². The quantitative estimate of drug-likeness (QED) is 0.375. The zero-order valence-corrected chi connectivity index (χ0v) is 18.7. The van der Waals surface area contributed by atoms with Crippen LogP contribution in [0, 0.1) is 7.14 Å². The molecular formula is C21H20BF2INO3-. The van der Waals surface area contributed by atoms with Crippen LogP contribution in [0.3, 0.4) is 0 Å². The maximum absolute atomic E-state index is 13.8. The molecule has 0 bridgehead atoms. The Hall–Kier alpha value is -1.78. The number of aromatic nitrogens is 1. The fraction of sp³-hybridized carbons (Fsp3) is 0.286. The van der Waals surface area contributed by atoms with E-state index in [1.807, 2.05) is 45.9 Å². The molecule has 0 spiro atoms. The van der Waals surface area contributed by atoms with Gasteiger partial charge in [0.15, 0.2) is 0 Å². The Bertz CT molecular complexity index is 1220. The number of fused-ring (bicyclic) bond motifs is 2. The molecule has 3 aromatic rings. The summed E-state index contributed by atoms with van der Waals surface area (Å²) in [7, 11) is -0.572. The molecule has 0 aliphatic carbocycles. The van der Waals surface area contributed by atoms with Crippen molar-refractivity contribution in [2.24, 2.45) is 0 Å². The Labute approximate surface area is 173 Å². The second kappa shape index (κ2) is 5.89. The van der Waals surface area contributed by atoms with E-state index in [2.05, 4.69) is 0 Å². The number of hydrogen-bond donors (Lipinski definition) is 0. The molecule has 0 unspecified atom stereocenters. The number of hydrogen-bond acceptors (Lipinski definition) is 3. The SMILES string of the molecule is CC1(C)OB(c2ccc3ccn(-c4ccc5c(c4)[I-]5(F)F)c(=O)c3c2)OC1(C)C. The summed E-state index contributed by atoms with van der Waals surface area (Å²) >= 11 is -4.77. The van der Waals surface area contributed by atoms with E-state index in [4.69, 9.17) is 9.31 Å². The Morgan fingerprint density at radius 3 is 2.28 bits per heavy atom. The van der Waals surface area contributed by atoms with Gasteiger partial charge in [0.25, 0.3) is 0 Å². The third-order valence-electron chi connectivity index (χ3n) is 6.11. The van der Waals surface area contributed by atoms with Crippen molar-refractivity contribution < 1.29 is 34.6 Å². The van der Waals surface area contributed by atoms with Crippen molar-refractivity contribution in [2.75, 3.05) is 0 Å². The van der Waals surface area contributed by atoms with E-state index in [1.54, 1.807) is 18.3 Å². The van der Waals surface area contributed by atoms with Crippen molar-refractivity contribution in [3.8, 4) is 5.69 Å². The predicted octanol–water partition coefficient (Wildman–Crippen LogP) is 0.572. The van der Waals surface area contributed by atoms with E-state index in [-0.39, 0.29) is 12.7 Å². The summed E-state index contributed by atoms with van der Waals surface area (Å²) in [5, 5.41) is 1.28. The van der Waals surface area contributed by atoms with Crippen LogP contribution in [0.15, 0.2) is 53.5 Å². The van der Waals surface area contributed by atoms with E-state index < -0.39 is 37.9 Å². The molecule has 5 rings (SSSR count). The number of pyridine rings is 1. The topological polar surface area (TPSA) is 40.5 Å². The summed E-state index contributed by atoms with van der Waals surface area (Å²) in [5.74, 6) is 0. The second-order valence-electron chi connectivity index (χ2n) is 8.46. The van der Waals surface area contributed by atoms with Crippen molar-refractivity contribution in [3.63, 3.8) is 0 Å². The molecule has 0 radical (unpaired) electrons. The predicted molar refractivity (Wildman–Crippen MR) is 105 cm³/mol. The molecule has 3 heterocycles. The van der Waals surface area contributed by atoms with Crippen molar-refractivity contribution in [2.45, 2.75) is 38.9 Å². The average molecular weight is 510 g/mol. The number of nitrogens with zero attached hydrogens (tertiary/aromatic N) is 1. The van der Waals surface area contributed by atoms with E-state index in [9.17, 15) is 10.5 Å². The van der Waals surface area contributed by atoms with Gasteiger partial charge in [-0.15, -0.1) is 0 Å². The molecular weight excluding hydrogens is 490 g/mol. The van der Waals surface area contributed by atoms with Gasteiger partial charge in [-0.2, -0.15) is 0 Å². The molecule has 29 heavy (non-hydrogen) atoms. The number of halogens is 3. The zero-order chi connectivity index (χ0) is 20.8. The van der Waals surface area contributed by atoms with Gasteiger partial charge in [-0.05, 0) is 0 Å². The second-order valence-corrected chi connectivity index (χ2v) is 13.3. The number of rotatable bonds is 2. The first kappa shape index (κ1) is 19.2. The van der Waals surface area contributed by atoms with Crippen LogP contribution in [0.4, 0.5) is 5.72 Å². The van der Waals surface area contributed by atoms with Gasteiger partial charge in [0.1, 0.15) is 0 Å². The van der Waals surface area contributed by atoms with Crippen LogP contribution in [-0.4, -0.2) is 22.9 Å². The molecule has 1 fully saturated rings. The van der Waals surface area contributed by atoms with Crippen molar-refractivity contribution in [1.29, 1.82) is 0 Å². The molecule has 2 aromatic carbocycles. The van der Waals surface area contributed by atoms with E-state index in [0.29, 0.717) is 11.1 Å². The molecule has 0 N–H and O–H groups in total. The van der Waals surface area contributed by atoms with Gasteiger partial charge >= 0.3 is 173 Å². The van der Waals surface area contributed by atoms with Crippen molar-refractivity contribution in [1.82, 2.24) is 4.57 Å².